The molecule has 0 aromatic carbocycles. The third-order valence-corrected chi connectivity index (χ3v) is 2.55. The molecule has 1 aromatic heterocycles. The molecule has 15 heavy (non-hydrogen) atoms. The normalized spacial score (nSPS) is 12.6. The van der Waals surface area contributed by atoms with E-state index in [2.05, 4.69) is 16.5 Å². The molecule has 1 aromatic rings. The number of hydrogen-bond donors (Lipinski definition) is 1. The van der Waals surface area contributed by atoms with E-state index in [0.717, 1.165) is 25.7 Å². The molecule has 0 amide bonds. The maximum absolute atomic E-state index is 10.3. The molecule has 0 bridgehead atoms. The van der Waals surface area contributed by atoms with Gasteiger partial charge in [-0.25, -0.2) is 4.98 Å². The van der Waals surface area contributed by atoms with Crippen molar-refractivity contribution in [2.24, 2.45) is 0 Å². The fraction of sp³-hybridized carbons (Fsp3) is 0.636. The van der Waals surface area contributed by atoms with Gasteiger partial charge in [0, 0.05) is 24.9 Å². The molecule has 0 aliphatic rings. The highest BCUT2D eigenvalue weighted by Gasteiger charge is 2.03. The fourth-order valence-electron chi connectivity index (χ4n) is 1.57. The molecule has 0 saturated carbocycles. The van der Waals surface area contributed by atoms with Crippen molar-refractivity contribution in [1.82, 2.24) is 9.55 Å². The monoisotopic (exact) mass is 210 g/mol. The topological polar surface area (TPSA) is 55.1 Å². The van der Waals surface area contributed by atoms with Gasteiger partial charge in [-0.05, 0) is 19.8 Å². The molecular weight excluding hydrogens is 192 g/mol. The van der Waals surface area contributed by atoms with Crippen molar-refractivity contribution in [3.05, 3.63) is 18.7 Å². The summed E-state index contributed by atoms with van der Waals surface area (Å²) < 4.78 is 2.08. The molecule has 84 valence electrons. The van der Waals surface area contributed by atoms with Crippen LogP contribution in [0.25, 0.3) is 0 Å². The molecular formula is C11H18N2O2. The lowest BCUT2D eigenvalue weighted by molar-refractivity contribution is -0.137. The first-order valence-corrected chi connectivity index (χ1v) is 5.39. The van der Waals surface area contributed by atoms with Gasteiger partial charge in [-0.2, -0.15) is 0 Å². The predicted octanol–water partition coefficient (Wildman–Crippen LogP) is 2.48. The van der Waals surface area contributed by atoms with Crippen molar-refractivity contribution in [1.29, 1.82) is 0 Å². The summed E-state index contributed by atoms with van der Waals surface area (Å²) in [4.78, 5) is 14.3. The van der Waals surface area contributed by atoms with Gasteiger partial charge in [0.2, 0.25) is 0 Å². The molecule has 1 heterocycles. The summed E-state index contributed by atoms with van der Waals surface area (Å²) in [7, 11) is 0. The van der Waals surface area contributed by atoms with Crippen LogP contribution in [-0.4, -0.2) is 20.6 Å². The third kappa shape index (κ3) is 4.63. The molecule has 0 saturated heterocycles. The molecule has 0 unspecified atom stereocenters. The summed E-state index contributed by atoms with van der Waals surface area (Å²) in [6.45, 7) is 2.15. The molecule has 1 rings (SSSR count). The van der Waals surface area contributed by atoms with E-state index in [0.29, 0.717) is 12.5 Å². The number of aliphatic carboxylic acids is 1. The van der Waals surface area contributed by atoms with Crippen LogP contribution >= 0.6 is 0 Å². The van der Waals surface area contributed by atoms with Gasteiger partial charge >= 0.3 is 5.97 Å². The van der Waals surface area contributed by atoms with E-state index in [-0.39, 0.29) is 0 Å². The number of imidazole rings is 1. The first-order chi connectivity index (χ1) is 7.20. The zero-order chi connectivity index (χ0) is 11.1. The summed E-state index contributed by atoms with van der Waals surface area (Å²) in [5.74, 6) is -0.697. The van der Waals surface area contributed by atoms with Crippen LogP contribution in [-0.2, 0) is 4.79 Å². The standard InChI is InChI=1S/C11H18N2O2/c1-10(13-8-7-12-9-13)5-3-2-4-6-11(14)15/h7-10H,2-6H2,1H3,(H,14,15)/t10-/m1/s1. The summed E-state index contributed by atoms with van der Waals surface area (Å²) in [6.07, 6.45) is 9.78. The first kappa shape index (κ1) is 11.8. The SMILES string of the molecule is C[C@H](CCCCCC(=O)O)n1ccnc1. The van der Waals surface area contributed by atoms with E-state index in [1.54, 1.807) is 6.20 Å². The second-order valence-corrected chi connectivity index (χ2v) is 3.85. The van der Waals surface area contributed by atoms with Crippen LogP contribution in [0.5, 0.6) is 0 Å². The average Bonchev–Trinajstić information content (AvgIpc) is 2.69. The van der Waals surface area contributed by atoms with Gasteiger partial charge in [-0.3, -0.25) is 4.79 Å². The Hall–Kier alpha value is -1.32. The van der Waals surface area contributed by atoms with Crippen molar-refractivity contribution in [3.8, 4) is 0 Å². The average molecular weight is 210 g/mol. The van der Waals surface area contributed by atoms with Crippen molar-refractivity contribution in [2.45, 2.75) is 45.1 Å². The molecule has 1 atom stereocenters. The zero-order valence-corrected chi connectivity index (χ0v) is 9.09. The van der Waals surface area contributed by atoms with Crippen LogP contribution in [0.2, 0.25) is 0 Å². The van der Waals surface area contributed by atoms with E-state index < -0.39 is 5.97 Å². The van der Waals surface area contributed by atoms with Crippen LogP contribution in [0, 0.1) is 0 Å². The number of unbranched alkanes of at least 4 members (excludes halogenated alkanes) is 2. The largest absolute Gasteiger partial charge is 0.481 e. The number of nitrogens with zero attached hydrogens (tertiary/aromatic N) is 2. The third-order valence-electron chi connectivity index (χ3n) is 2.55. The molecule has 4 nitrogen and oxygen atoms in total. The van der Waals surface area contributed by atoms with Crippen LogP contribution in [0.15, 0.2) is 18.7 Å². The fourth-order valence-corrected chi connectivity index (χ4v) is 1.57. The van der Waals surface area contributed by atoms with Crippen LogP contribution in [0.4, 0.5) is 0 Å². The number of carbonyl (C=O) groups is 1. The molecule has 0 spiro atoms. The van der Waals surface area contributed by atoms with Gasteiger partial charge < -0.3 is 9.67 Å². The molecule has 0 fully saturated rings. The van der Waals surface area contributed by atoms with E-state index in [1.165, 1.54) is 0 Å². The summed E-state index contributed by atoms with van der Waals surface area (Å²) in [6, 6.07) is 0.456. The first-order valence-electron chi connectivity index (χ1n) is 5.39. The maximum atomic E-state index is 10.3. The number of rotatable bonds is 7. The zero-order valence-electron chi connectivity index (χ0n) is 9.09. The minimum absolute atomic E-state index is 0.291. The number of carboxylic acid groups (broad SMARTS) is 1. The predicted molar refractivity (Wildman–Crippen MR) is 57.7 cm³/mol. The van der Waals surface area contributed by atoms with Crippen molar-refractivity contribution in [2.75, 3.05) is 0 Å². The number of aromatic nitrogens is 2. The minimum Gasteiger partial charge on any atom is -0.481 e. The minimum atomic E-state index is -0.697. The van der Waals surface area contributed by atoms with E-state index in [9.17, 15) is 4.79 Å². The summed E-state index contributed by atoms with van der Waals surface area (Å²) in [5.41, 5.74) is 0. The molecule has 0 radical (unpaired) electrons. The van der Waals surface area contributed by atoms with Gasteiger partial charge in [0.15, 0.2) is 0 Å². The summed E-state index contributed by atoms with van der Waals surface area (Å²) >= 11 is 0. The lowest BCUT2D eigenvalue weighted by Crippen LogP contribution is -2.02. The number of hydrogen-bond acceptors (Lipinski definition) is 2. The molecule has 1 N–H and O–H groups in total. The molecule has 4 heteroatoms. The van der Waals surface area contributed by atoms with Crippen molar-refractivity contribution < 1.29 is 9.90 Å². The second kappa shape index (κ2) is 6.22. The molecule has 0 aliphatic heterocycles. The Morgan fingerprint density at radius 3 is 2.87 bits per heavy atom. The van der Waals surface area contributed by atoms with Crippen LogP contribution in [0.3, 0.4) is 0 Å². The Morgan fingerprint density at radius 1 is 1.47 bits per heavy atom. The Balaban J connectivity index is 2.08. The Morgan fingerprint density at radius 2 is 2.27 bits per heavy atom. The van der Waals surface area contributed by atoms with E-state index >= 15 is 0 Å². The lowest BCUT2D eigenvalue weighted by Gasteiger charge is -2.12. The lowest BCUT2D eigenvalue weighted by atomic mass is 10.1. The van der Waals surface area contributed by atoms with Gasteiger partial charge in [0.25, 0.3) is 0 Å². The van der Waals surface area contributed by atoms with Crippen molar-refractivity contribution >= 4 is 5.97 Å². The molecule has 0 aliphatic carbocycles. The Labute approximate surface area is 89.9 Å². The second-order valence-electron chi connectivity index (χ2n) is 3.85. The van der Waals surface area contributed by atoms with Crippen LogP contribution in [0.1, 0.15) is 45.1 Å². The van der Waals surface area contributed by atoms with Gasteiger partial charge in [-0.1, -0.05) is 12.8 Å². The summed E-state index contributed by atoms with van der Waals surface area (Å²) in [5, 5.41) is 8.46. The van der Waals surface area contributed by atoms with Crippen molar-refractivity contribution in [3.63, 3.8) is 0 Å². The van der Waals surface area contributed by atoms with Crippen LogP contribution < -0.4 is 0 Å². The Kier molecular flexibility index (Phi) is 4.87. The quantitative estimate of drug-likeness (QED) is 0.703. The maximum Gasteiger partial charge on any atom is 0.303 e. The highest BCUT2D eigenvalue weighted by atomic mass is 16.4. The van der Waals surface area contributed by atoms with Gasteiger partial charge in [0.05, 0.1) is 6.33 Å². The smallest absolute Gasteiger partial charge is 0.303 e. The highest BCUT2D eigenvalue weighted by Crippen LogP contribution is 2.14. The van der Waals surface area contributed by atoms with Gasteiger partial charge in [0.1, 0.15) is 0 Å². The number of carboxylic acids is 1. The van der Waals surface area contributed by atoms with Gasteiger partial charge in [-0.15, -0.1) is 0 Å². The Bertz CT molecular complexity index is 283. The highest BCUT2D eigenvalue weighted by molar-refractivity contribution is 5.66. The van der Waals surface area contributed by atoms with E-state index in [1.807, 2.05) is 12.5 Å². The van der Waals surface area contributed by atoms with E-state index in [4.69, 9.17) is 5.11 Å².